The highest BCUT2D eigenvalue weighted by Crippen LogP contribution is 2.31. The lowest BCUT2D eigenvalue weighted by Gasteiger charge is -2.05. The van der Waals surface area contributed by atoms with Gasteiger partial charge in [-0.15, -0.1) is 22.7 Å². The molecular formula is C18H19FN2O2S3. The summed E-state index contributed by atoms with van der Waals surface area (Å²) in [4.78, 5) is 4.58. The van der Waals surface area contributed by atoms with E-state index in [-0.39, 0.29) is 10.8 Å². The molecule has 4 nitrogen and oxygen atoms in total. The maximum Gasteiger partial charge on any atom is 0.250 e. The third-order valence-corrected chi connectivity index (χ3v) is 7.45. The lowest BCUT2D eigenvalue weighted by molar-refractivity contribution is 0.576. The minimum absolute atomic E-state index is 0.0853. The van der Waals surface area contributed by atoms with E-state index in [0.717, 1.165) is 34.0 Å². The van der Waals surface area contributed by atoms with E-state index in [9.17, 15) is 12.8 Å². The Hall–Kier alpha value is -1.61. The predicted octanol–water partition coefficient (Wildman–Crippen LogP) is 4.69. The van der Waals surface area contributed by atoms with Crippen LogP contribution in [0.4, 0.5) is 4.39 Å². The molecule has 26 heavy (non-hydrogen) atoms. The minimum Gasteiger partial charge on any atom is -0.241 e. The van der Waals surface area contributed by atoms with Crippen LogP contribution in [0.2, 0.25) is 0 Å². The van der Waals surface area contributed by atoms with E-state index in [2.05, 4.69) is 23.6 Å². The van der Waals surface area contributed by atoms with Crippen molar-refractivity contribution in [3.05, 3.63) is 58.2 Å². The quantitative estimate of drug-likeness (QED) is 0.615. The van der Waals surface area contributed by atoms with Gasteiger partial charge in [-0.25, -0.2) is 22.5 Å². The van der Waals surface area contributed by atoms with Crippen molar-refractivity contribution in [3.8, 4) is 10.6 Å². The van der Waals surface area contributed by atoms with Crippen LogP contribution in [0.25, 0.3) is 10.6 Å². The van der Waals surface area contributed by atoms with E-state index >= 15 is 0 Å². The van der Waals surface area contributed by atoms with E-state index in [1.807, 2.05) is 5.38 Å². The first-order valence-corrected chi connectivity index (χ1v) is 11.4. The molecule has 0 amide bonds. The Morgan fingerprint density at radius 3 is 2.69 bits per heavy atom. The van der Waals surface area contributed by atoms with Gasteiger partial charge in [0.05, 0.1) is 5.69 Å². The molecule has 0 aliphatic carbocycles. The summed E-state index contributed by atoms with van der Waals surface area (Å²) in [7, 11) is -3.70. The molecular weight excluding hydrogens is 391 g/mol. The van der Waals surface area contributed by atoms with Gasteiger partial charge in [0.15, 0.2) is 0 Å². The molecule has 0 aliphatic rings. The summed E-state index contributed by atoms with van der Waals surface area (Å²) >= 11 is 2.65. The van der Waals surface area contributed by atoms with Crippen LogP contribution >= 0.6 is 22.7 Å². The largest absolute Gasteiger partial charge is 0.250 e. The molecule has 0 unspecified atom stereocenters. The number of halogens is 1. The van der Waals surface area contributed by atoms with E-state index in [4.69, 9.17) is 0 Å². The van der Waals surface area contributed by atoms with Gasteiger partial charge in [0.1, 0.15) is 15.0 Å². The van der Waals surface area contributed by atoms with Crippen LogP contribution in [0, 0.1) is 11.7 Å². The predicted molar refractivity (Wildman–Crippen MR) is 104 cm³/mol. The molecule has 138 valence electrons. The Morgan fingerprint density at radius 1 is 1.19 bits per heavy atom. The number of nitrogens with zero attached hydrogens (tertiary/aromatic N) is 1. The lowest BCUT2D eigenvalue weighted by atomic mass is 10.1. The second-order valence-corrected chi connectivity index (χ2v) is 10.1. The molecule has 3 aromatic rings. The second kappa shape index (κ2) is 7.96. The zero-order valence-corrected chi connectivity index (χ0v) is 16.8. The summed E-state index contributed by atoms with van der Waals surface area (Å²) in [5.74, 6) is 0.0912. The number of benzene rings is 1. The van der Waals surface area contributed by atoms with Crippen LogP contribution in [0.1, 0.15) is 25.1 Å². The summed E-state index contributed by atoms with van der Waals surface area (Å²) in [6.07, 6.45) is 0.899. The van der Waals surface area contributed by atoms with Crippen molar-refractivity contribution < 1.29 is 12.8 Å². The van der Waals surface area contributed by atoms with E-state index in [1.54, 1.807) is 29.6 Å². The zero-order chi connectivity index (χ0) is 18.7. The van der Waals surface area contributed by atoms with Crippen LogP contribution < -0.4 is 4.72 Å². The van der Waals surface area contributed by atoms with E-state index < -0.39 is 15.8 Å². The summed E-state index contributed by atoms with van der Waals surface area (Å²) < 4.78 is 41.2. The van der Waals surface area contributed by atoms with Gasteiger partial charge in [-0.1, -0.05) is 32.0 Å². The standard InChI is InChI=1S/C18H19FN2O2S3/c1-12(2)7-15-11-25-18(21-15)14-8-17(24-10-14)26(22,23)20-9-13-5-3-4-6-16(13)19/h3-6,8,10-12,20H,7,9H2,1-2H3. The number of aromatic nitrogens is 1. The fourth-order valence-corrected chi connectivity index (χ4v) is 5.52. The molecule has 0 bridgehead atoms. The molecule has 0 spiro atoms. The highest BCUT2D eigenvalue weighted by Gasteiger charge is 2.19. The van der Waals surface area contributed by atoms with Crippen molar-refractivity contribution in [2.24, 2.45) is 5.92 Å². The number of sulfonamides is 1. The van der Waals surface area contributed by atoms with Crippen molar-refractivity contribution in [2.75, 3.05) is 0 Å². The van der Waals surface area contributed by atoms with Crippen LogP contribution in [-0.4, -0.2) is 13.4 Å². The normalized spacial score (nSPS) is 12.0. The third kappa shape index (κ3) is 4.56. The van der Waals surface area contributed by atoms with E-state index in [1.165, 1.54) is 17.4 Å². The van der Waals surface area contributed by atoms with Gasteiger partial charge in [-0.05, 0) is 24.5 Å². The minimum atomic E-state index is -3.70. The summed E-state index contributed by atoms with van der Waals surface area (Å²) in [5.41, 5.74) is 2.13. The summed E-state index contributed by atoms with van der Waals surface area (Å²) in [5, 5.41) is 4.61. The van der Waals surface area contributed by atoms with Crippen molar-refractivity contribution in [3.63, 3.8) is 0 Å². The van der Waals surface area contributed by atoms with E-state index in [0.29, 0.717) is 11.5 Å². The summed E-state index contributed by atoms with van der Waals surface area (Å²) in [6.45, 7) is 4.18. The number of rotatable bonds is 7. The van der Waals surface area contributed by atoms with Crippen LogP contribution in [0.5, 0.6) is 0 Å². The Kier molecular flexibility index (Phi) is 5.86. The Balaban J connectivity index is 1.73. The molecule has 8 heteroatoms. The van der Waals surface area contributed by atoms with Gasteiger partial charge < -0.3 is 0 Å². The topological polar surface area (TPSA) is 59.1 Å². The number of nitrogens with one attached hydrogen (secondary N) is 1. The first-order chi connectivity index (χ1) is 12.3. The van der Waals surface area contributed by atoms with Gasteiger partial charge in [0, 0.05) is 28.4 Å². The number of thiazole rings is 1. The monoisotopic (exact) mass is 410 g/mol. The van der Waals surface area contributed by atoms with Gasteiger partial charge in [0.25, 0.3) is 0 Å². The maximum absolute atomic E-state index is 13.6. The second-order valence-electron chi connectivity index (χ2n) is 6.31. The number of hydrogen-bond donors (Lipinski definition) is 1. The Bertz CT molecular complexity index is 993. The molecule has 0 atom stereocenters. The molecule has 1 N–H and O–H groups in total. The fraction of sp³-hybridized carbons (Fsp3) is 0.278. The van der Waals surface area contributed by atoms with Crippen molar-refractivity contribution in [2.45, 2.75) is 31.0 Å². The average Bonchev–Trinajstić information content (AvgIpc) is 3.23. The molecule has 3 rings (SSSR count). The Labute approximate surface area is 160 Å². The van der Waals surface area contributed by atoms with Gasteiger partial charge in [0.2, 0.25) is 10.0 Å². The number of hydrogen-bond acceptors (Lipinski definition) is 5. The van der Waals surface area contributed by atoms with Gasteiger partial charge >= 0.3 is 0 Å². The Morgan fingerprint density at radius 2 is 1.96 bits per heavy atom. The highest BCUT2D eigenvalue weighted by atomic mass is 32.2. The van der Waals surface area contributed by atoms with Crippen molar-refractivity contribution >= 4 is 32.7 Å². The third-order valence-electron chi connectivity index (χ3n) is 3.67. The van der Waals surface area contributed by atoms with Crippen molar-refractivity contribution in [1.82, 2.24) is 9.71 Å². The number of thiophene rings is 1. The lowest BCUT2D eigenvalue weighted by Crippen LogP contribution is -2.22. The molecule has 0 aliphatic heterocycles. The maximum atomic E-state index is 13.6. The smallest absolute Gasteiger partial charge is 0.241 e. The molecule has 0 fully saturated rings. The molecule has 2 aromatic heterocycles. The van der Waals surface area contributed by atoms with Gasteiger partial charge in [-0.3, -0.25) is 0 Å². The molecule has 0 radical (unpaired) electrons. The first kappa shape index (κ1) is 19.2. The van der Waals surface area contributed by atoms with Gasteiger partial charge in [-0.2, -0.15) is 0 Å². The van der Waals surface area contributed by atoms with Crippen LogP contribution in [0.3, 0.4) is 0 Å². The average molecular weight is 411 g/mol. The molecule has 0 saturated carbocycles. The van der Waals surface area contributed by atoms with Crippen LogP contribution in [-0.2, 0) is 23.0 Å². The molecule has 0 saturated heterocycles. The molecule has 2 heterocycles. The fourth-order valence-electron chi connectivity index (χ4n) is 2.41. The van der Waals surface area contributed by atoms with Crippen LogP contribution in [0.15, 0.2) is 45.3 Å². The zero-order valence-electron chi connectivity index (χ0n) is 14.4. The first-order valence-electron chi connectivity index (χ1n) is 8.11. The summed E-state index contributed by atoms with van der Waals surface area (Å²) in [6, 6.07) is 7.73. The van der Waals surface area contributed by atoms with Crippen molar-refractivity contribution in [1.29, 1.82) is 0 Å². The SMILES string of the molecule is CC(C)Cc1csc(-c2csc(S(=O)(=O)NCc3ccccc3F)c2)n1. The molecule has 1 aromatic carbocycles. The highest BCUT2D eigenvalue weighted by molar-refractivity contribution is 7.91.